The molecule has 0 aliphatic heterocycles. The molecule has 0 unspecified atom stereocenters. The molecular formula is C18H23ClN2O4. The summed E-state index contributed by atoms with van der Waals surface area (Å²) in [6.45, 7) is 3.67. The summed E-state index contributed by atoms with van der Waals surface area (Å²) in [5.74, 6) is 0.287. The molecular weight excluding hydrogens is 344 g/mol. The summed E-state index contributed by atoms with van der Waals surface area (Å²) in [6.07, 6.45) is 3.33. The van der Waals surface area contributed by atoms with E-state index in [1.807, 2.05) is 31.2 Å². The molecule has 0 amide bonds. The van der Waals surface area contributed by atoms with Crippen molar-refractivity contribution in [2.75, 3.05) is 13.2 Å². The molecule has 0 spiro atoms. The molecule has 2 rings (SSSR count). The highest BCUT2D eigenvalue weighted by atomic mass is 35.5. The van der Waals surface area contributed by atoms with Crippen molar-refractivity contribution in [2.24, 2.45) is 0 Å². The average Bonchev–Trinajstić information content (AvgIpc) is 2.63. The van der Waals surface area contributed by atoms with Crippen molar-refractivity contribution in [1.29, 1.82) is 0 Å². The molecule has 136 valence electrons. The van der Waals surface area contributed by atoms with Crippen molar-refractivity contribution in [2.45, 2.75) is 39.5 Å². The minimum atomic E-state index is -0.330. The minimum absolute atomic E-state index is 0.0118. The third-order valence-corrected chi connectivity index (χ3v) is 3.95. The van der Waals surface area contributed by atoms with Crippen LogP contribution in [0.4, 0.5) is 0 Å². The molecule has 0 atom stereocenters. The monoisotopic (exact) mass is 366 g/mol. The number of aromatic nitrogens is 2. The highest BCUT2D eigenvalue weighted by molar-refractivity contribution is 6.31. The summed E-state index contributed by atoms with van der Waals surface area (Å²) in [4.78, 5) is 12.1. The molecule has 6 nitrogen and oxygen atoms in total. The number of rotatable bonds is 10. The van der Waals surface area contributed by atoms with Crippen LogP contribution in [0.1, 0.15) is 30.9 Å². The maximum atomic E-state index is 12.1. The lowest BCUT2D eigenvalue weighted by Gasteiger charge is -2.10. The van der Waals surface area contributed by atoms with Gasteiger partial charge in [-0.15, -0.1) is 0 Å². The van der Waals surface area contributed by atoms with Gasteiger partial charge in [-0.1, -0.05) is 49.2 Å². The van der Waals surface area contributed by atoms with Crippen LogP contribution in [0, 0.1) is 0 Å². The van der Waals surface area contributed by atoms with Gasteiger partial charge in [0.15, 0.2) is 10.8 Å². The first-order valence-corrected chi connectivity index (χ1v) is 8.68. The van der Waals surface area contributed by atoms with E-state index in [-0.39, 0.29) is 29.5 Å². The Morgan fingerprint density at radius 3 is 2.52 bits per heavy atom. The van der Waals surface area contributed by atoms with Crippen LogP contribution in [-0.4, -0.2) is 28.1 Å². The summed E-state index contributed by atoms with van der Waals surface area (Å²) in [5, 5.41) is 12.8. The number of benzene rings is 1. The molecule has 0 aliphatic rings. The van der Waals surface area contributed by atoms with Crippen LogP contribution in [-0.2, 0) is 24.5 Å². The maximum Gasteiger partial charge on any atom is 0.289 e. The van der Waals surface area contributed by atoms with E-state index >= 15 is 0 Å². The number of halogens is 1. The molecule has 0 aliphatic carbocycles. The van der Waals surface area contributed by atoms with Gasteiger partial charge >= 0.3 is 0 Å². The number of aliphatic hydroxyl groups is 1. The predicted octanol–water partition coefficient (Wildman–Crippen LogP) is 2.78. The van der Waals surface area contributed by atoms with E-state index in [9.17, 15) is 4.79 Å². The van der Waals surface area contributed by atoms with Crippen LogP contribution in [0.2, 0.25) is 5.02 Å². The molecule has 1 aromatic carbocycles. The molecule has 0 radical (unpaired) electrons. The molecule has 1 N–H and O–H groups in total. The average molecular weight is 367 g/mol. The fraction of sp³-hybridized carbons (Fsp3) is 0.444. The van der Waals surface area contributed by atoms with Crippen LogP contribution in [0.5, 0.6) is 5.75 Å². The van der Waals surface area contributed by atoms with E-state index in [1.165, 1.54) is 10.9 Å². The number of aliphatic hydroxyl groups excluding tert-OH is 1. The first-order valence-electron chi connectivity index (χ1n) is 8.30. The number of hydrogen-bond acceptors (Lipinski definition) is 5. The van der Waals surface area contributed by atoms with Gasteiger partial charge in [-0.3, -0.25) is 4.79 Å². The van der Waals surface area contributed by atoms with Crippen LogP contribution < -0.4 is 10.3 Å². The summed E-state index contributed by atoms with van der Waals surface area (Å²) in [5.41, 5.74) is 1.62. The fourth-order valence-corrected chi connectivity index (χ4v) is 2.37. The first kappa shape index (κ1) is 19.4. The second kappa shape index (κ2) is 10.2. The molecule has 0 saturated carbocycles. The van der Waals surface area contributed by atoms with Crippen LogP contribution in [0.15, 0.2) is 35.3 Å². The normalized spacial score (nSPS) is 10.8. The van der Waals surface area contributed by atoms with Gasteiger partial charge in [0.05, 0.1) is 26.0 Å². The standard InChI is InChI=1S/C18H23ClN2O4/c1-2-3-8-21-18(23)17(19)16(11-20-21)25-13-15-6-4-14(5-7-15)12-24-10-9-22/h4-7,11,22H,2-3,8-10,12-13H2,1H3. The first-order chi connectivity index (χ1) is 12.2. The van der Waals surface area contributed by atoms with E-state index in [0.717, 1.165) is 24.0 Å². The Bertz CT molecular complexity index is 716. The number of unbranched alkanes of at least 4 members (excludes halogenated alkanes) is 1. The van der Waals surface area contributed by atoms with Crippen molar-refractivity contribution in [3.05, 3.63) is 57.0 Å². The van der Waals surface area contributed by atoms with E-state index in [4.69, 9.17) is 26.2 Å². The minimum Gasteiger partial charge on any atom is -0.485 e. The van der Waals surface area contributed by atoms with Gasteiger partial charge in [-0.2, -0.15) is 5.10 Å². The summed E-state index contributed by atoms with van der Waals surface area (Å²) in [6, 6.07) is 7.69. The lowest BCUT2D eigenvalue weighted by molar-refractivity contribution is 0.0815. The van der Waals surface area contributed by atoms with Gasteiger partial charge in [0.2, 0.25) is 0 Å². The Kier molecular flexibility index (Phi) is 7.91. The topological polar surface area (TPSA) is 73.6 Å². The Morgan fingerprint density at radius 1 is 1.20 bits per heavy atom. The van der Waals surface area contributed by atoms with Gasteiger partial charge in [-0.25, -0.2) is 4.68 Å². The van der Waals surface area contributed by atoms with Gasteiger partial charge in [0.1, 0.15) is 6.61 Å². The van der Waals surface area contributed by atoms with Crippen molar-refractivity contribution in [3.63, 3.8) is 0 Å². The van der Waals surface area contributed by atoms with Crippen molar-refractivity contribution >= 4 is 11.6 Å². The number of nitrogens with zero attached hydrogens (tertiary/aromatic N) is 2. The molecule has 1 heterocycles. The number of ether oxygens (including phenoxy) is 2. The van der Waals surface area contributed by atoms with Crippen molar-refractivity contribution < 1.29 is 14.6 Å². The zero-order chi connectivity index (χ0) is 18.1. The fourth-order valence-electron chi connectivity index (χ4n) is 2.17. The molecule has 0 saturated heterocycles. The Morgan fingerprint density at radius 2 is 1.88 bits per heavy atom. The van der Waals surface area contributed by atoms with E-state index in [0.29, 0.717) is 19.8 Å². The predicted molar refractivity (Wildman–Crippen MR) is 95.9 cm³/mol. The Labute approximate surface area is 152 Å². The third kappa shape index (κ3) is 5.85. The summed E-state index contributed by atoms with van der Waals surface area (Å²) >= 11 is 6.10. The van der Waals surface area contributed by atoms with Crippen molar-refractivity contribution in [3.8, 4) is 5.75 Å². The second-order valence-corrected chi connectivity index (χ2v) is 5.96. The molecule has 0 bridgehead atoms. The van der Waals surface area contributed by atoms with Gasteiger partial charge in [0, 0.05) is 6.54 Å². The van der Waals surface area contributed by atoms with Gasteiger partial charge in [-0.05, 0) is 17.5 Å². The second-order valence-electron chi connectivity index (χ2n) is 5.59. The quantitative estimate of drug-likeness (QED) is 0.654. The number of hydrogen-bond donors (Lipinski definition) is 1. The van der Waals surface area contributed by atoms with Crippen LogP contribution in [0.25, 0.3) is 0 Å². The summed E-state index contributed by atoms with van der Waals surface area (Å²) < 4.78 is 12.3. The largest absolute Gasteiger partial charge is 0.485 e. The van der Waals surface area contributed by atoms with E-state index in [1.54, 1.807) is 0 Å². The molecule has 2 aromatic rings. The van der Waals surface area contributed by atoms with Crippen LogP contribution >= 0.6 is 11.6 Å². The molecule has 0 fully saturated rings. The van der Waals surface area contributed by atoms with E-state index < -0.39 is 0 Å². The zero-order valence-corrected chi connectivity index (χ0v) is 15.0. The van der Waals surface area contributed by atoms with Gasteiger partial charge < -0.3 is 14.6 Å². The molecule has 1 aromatic heterocycles. The van der Waals surface area contributed by atoms with Crippen molar-refractivity contribution in [1.82, 2.24) is 9.78 Å². The lowest BCUT2D eigenvalue weighted by atomic mass is 10.1. The third-order valence-electron chi connectivity index (χ3n) is 3.60. The summed E-state index contributed by atoms with van der Waals surface area (Å²) in [7, 11) is 0. The number of aryl methyl sites for hydroxylation is 1. The maximum absolute atomic E-state index is 12.1. The highest BCUT2D eigenvalue weighted by Gasteiger charge is 2.10. The SMILES string of the molecule is CCCCn1ncc(OCc2ccc(COCCO)cc2)c(Cl)c1=O. The smallest absolute Gasteiger partial charge is 0.289 e. The zero-order valence-electron chi connectivity index (χ0n) is 14.3. The highest BCUT2D eigenvalue weighted by Crippen LogP contribution is 2.20. The molecule has 25 heavy (non-hydrogen) atoms. The van der Waals surface area contributed by atoms with Crippen LogP contribution in [0.3, 0.4) is 0 Å². The lowest BCUT2D eigenvalue weighted by Crippen LogP contribution is -2.23. The Hall–Kier alpha value is -1.89. The Balaban J connectivity index is 1.94. The molecule has 7 heteroatoms. The van der Waals surface area contributed by atoms with Gasteiger partial charge in [0.25, 0.3) is 5.56 Å². The van der Waals surface area contributed by atoms with E-state index in [2.05, 4.69) is 5.10 Å².